The summed E-state index contributed by atoms with van der Waals surface area (Å²) in [6, 6.07) is 13.0. The van der Waals surface area contributed by atoms with Crippen LogP contribution in [-0.4, -0.2) is 0 Å². The summed E-state index contributed by atoms with van der Waals surface area (Å²) in [4.78, 5) is 0. The molecule has 0 saturated carbocycles. The van der Waals surface area contributed by atoms with Crippen LogP contribution in [0, 0.1) is 13.8 Å². The molecule has 2 heteroatoms. The molecule has 3 rings (SSSR count). The first kappa shape index (κ1) is 25.9. The smallest absolute Gasteiger partial charge is 0.142 e. The number of unbranched alkanes of at least 4 members (excludes halogenated alkanes) is 8. The van der Waals surface area contributed by atoms with Gasteiger partial charge in [0.05, 0.1) is 12.5 Å². The average Bonchev–Trinajstić information content (AvgIpc) is 2.83. The molecule has 0 aliphatic heterocycles. The fourth-order valence-electron chi connectivity index (χ4n) is 4.38. The van der Waals surface area contributed by atoms with Crippen LogP contribution < -0.4 is 9.47 Å². The van der Waals surface area contributed by atoms with Gasteiger partial charge in [0.2, 0.25) is 0 Å². The van der Waals surface area contributed by atoms with Crippen molar-refractivity contribution in [1.82, 2.24) is 0 Å². The lowest BCUT2D eigenvalue weighted by Crippen LogP contribution is -1.93. The molecule has 0 atom stereocenters. The highest BCUT2D eigenvalue weighted by molar-refractivity contribution is 6.11. The summed E-state index contributed by atoms with van der Waals surface area (Å²) < 4.78 is 12.6. The molecule has 0 aliphatic rings. The first-order valence-electron chi connectivity index (χ1n) is 13.3. The van der Waals surface area contributed by atoms with Crippen molar-refractivity contribution < 1.29 is 9.47 Å². The summed E-state index contributed by atoms with van der Waals surface area (Å²) in [6.07, 6.45) is 20.3. The van der Waals surface area contributed by atoms with E-state index in [0.717, 1.165) is 45.9 Å². The van der Waals surface area contributed by atoms with Crippen molar-refractivity contribution in [1.29, 1.82) is 0 Å². The van der Waals surface area contributed by atoms with Crippen molar-refractivity contribution >= 4 is 21.5 Å². The van der Waals surface area contributed by atoms with Gasteiger partial charge >= 0.3 is 0 Å². The van der Waals surface area contributed by atoms with Gasteiger partial charge in [0.15, 0.2) is 0 Å². The van der Waals surface area contributed by atoms with E-state index >= 15 is 0 Å². The van der Waals surface area contributed by atoms with E-state index in [1.54, 1.807) is 0 Å². The second kappa shape index (κ2) is 13.8. The van der Waals surface area contributed by atoms with Gasteiger partial charge in [0.1, 0.15) is 11.5 Å². The van der Waals surface area contributed by atoms with Gasteiger partial charge in [-0.3, -0.25) is 0 Å². The summed E-state index contributed by atoms with van der Waals surface area (Å²) >= 11 is 0. The molecule has 0 aromatic heterocycles. The van der Waals surface area contributed by atoms with E-state index in [2.05, 4.69) is 76.2 Å². The second-order valence-electron chi connectivity index (χ2n) is 9.43. The zero-order valence-corrected chi connectivity index (χ0v) is 21.7. The molecule has 34 heavy (non-hydrogen) atoms. The van der Waals surface area contributed by atoms with Crippen LogP contribution in [-0.2, 0) is 0 Å². The third-order valence-corrected chi connectivity index (χ3v) is 6.34. The highest BCUT2D eigenvalue weighted by Crippen LogP contribution is 2.43. The quantitative estimate of drug-likeness (QED) is 0.136. The number of hydrogen-bond donors (Lipinski definition) is 0. The van der Waals surface area contributed by atoms with Crippen LogP contribution in [0.2, 0.25) is 0 Å². The molecule has 3 aromatic carbocycles. The fraction of sp³-hybridized carbons (Fsp3) is 0.438. The van der Waals surface area contributed by atoms with Crippen molar-refractivity contribution in [2.45, 2.75) is 91.9 Å². The standard InChI is InChI=1S/C32H42O2/c1-5-7-9-11-13-15-21-33-31-27-19-17-25(3)23-29(27)32(30-24-26(4)18-20-28(30)31)34-22-16-14-12-10-8-6-2/h15-24H,5-14H2,1-4H3/b21-15+,22-16+. The minimum atomic E-state index is 0.908. The predicted molar refractivity (Wildman–Crippen MR) is 148 cm³/mol. The molecule has 0 aliphatic carbocycles. The molecule has 0 heterocycles. The first-order valence-corrected chi connectivity index (χ1v) is 13.3. The van der Waals surface area contributed by atoms with Crippen LogP contribution in [0.3, 0.4) is 0 Å². The first-order chi connectivity index (χ1) is 16.7. The lowest BCUT2D eigenvalue weighted by molar-refractivity contribution is 0.481. The lowest BCUT2D eigenvalue weighted by atomic mass is 9.98. The summed E-state index contributed by atoms with van der Waals surface area (Å²) in [5.41, 5.74) is 2.43. The summed E-state index contributed by atoms with van der Waals surface area (Å²) in [7, 11) is 0. The molecule has 0 unspecified atom stereocenters. The van der Waals surface area contributed by atoms with E-state index in [0.29, 0.717) is 0 Å². The zero-order chi connectivity index (χ0) is 24.2. The Morgan fingerprint density at radius 2 is 1.00 bits per heavy atom. The van der Waals surface area contributed by atoms with E-state index in [9.17, 15) is 0 Å². The fourth-order valence-corrected chi connectivity index (χ4v) is 4.38. The van der Waals surface area contributed by atoms with Crippen LogP contribution in [0.25, 0.3) is 21.5 Å². The Balaban J connectivity index is 1.92. The maximum absolute atomic E-state index is 6.33. The minimum absolute atomic E-state index is 0.908. The van der Waals surface area contributed by atoms with Gasteiger partial charge in [0.25, 0.3) is 0 Å². The van der Waals surface area contributed by atoms with Gasteiger partial charge in [-0.25, -0.2) is 0 Å². The van der Waals surface area contributed by atoms with Gasteiger partial charge in [-0.05, 0) is 63.8 Å². The highest BCUT2D eigenvalue weighted by atomic mass is 16.5. The molecule has 2 nitrogen and oxygen atoms in total. The Labute approximate surface area is 206 Å². The molecule has 0 radical (unpaired) electrons. The van der Waals surface area contributed by atoms with Crippen LogP contribution in [0.5, 0.6) is 11.5 Å². The van der Waals surface area contributed by atoms with Crippen molar-refractivity contribution in [2.24, 2.45) is 0 Å². The van der Waals surface area contributed by atoms with Crippen LogP contribution in [0.4, 0.5) is 0 Å². The largest absolute Gasteiger partial charge is 0.464 e. The second-order valence-corrected chi connectivity index (χ2v) is 9.43. The molecule has 0 bridgehead atoms. The molecular formula is C32H42O2. The number of fused-ring (bicyclic) bond motifs is 2. The van der Waals surface area contributed by atoms with Crippen LogP contribution in [0.15, 0.2) is 61.1 Å². The monoisotopic (exact) mass is 458 g/mol. The number of rotatable bonds is 14. The van der Waals surface area contributed by atoms with Gasteiger partial charge in [-0.2, -0.15) is 0 Å². The van der Waals surface area contributed by atoms with Gasteiger partial charge < -0.3 is 9.47 Å². The van der Waals surface area contributed by atoms with Gasteiger partial charge in [-0.15, -0.1) is 0 Å². The number of allylic oxidation sites excluding steroid dienone is 2. The van der Waals surface area contributed by atoms with Crippen LogP contribution >= 0.6 is 0 Å². The Hall–Kier alpha value is -2.74. The highest BCUT2D eigenvalue weighted by Gasteiger charge is 2.16. The van der Waals surface area contributed by atoms with E-state index in [1.165, 1.54) is 62.5 Å². The lowest BCUT2D eigenvalue weighted by Gasteiger charge is -2.16. The predicted octanol–water partition coefficient (Wildman–Crippen LogP) is 10.3. The molecule has 182 valence electrons. The third-order valence-electron chi connectivity index (χ3n) is 6.34. The van der Waals surface area contributed by atoms with Crippen molar-refractivity contribution in [3.8, 4) is 11.5 Å². The zero-order valence-electron chi connectivity index (χ0n) is 21.7. The average molecular weight is 459 g/mol. The maximum atomic E-state index is 6.33. The molecular weight excluding hydrogens is 416 g/mol. The van der Waals surface area contributed by atoms with Gasteiger partial charge in [0, 0.05) is 21.5 Å². The number of aryl methyl sites for hydroxylation is 2. The van der Waals surface area contributed by atoms with E-state index in [4.69, 9.17) is 9.47 Å². The Morgan fingerprint density at radius 1 is 0.559 bits per heavy atom. The summed E-state index contributed by atoms with van der Waals surface area (Å²) in [6.45, 7) is 8.75. The molecule has 3 aromatic rings. The van der Waals surface area contributed by atoms with E-state index in [-0.39, 0.29) is 0 Å². The Bertz CT molecular complexity index is 1040. The molecule has 0 fully saturated rings. The van der Waals surface area contributed by atoms with E-state index < -0.39 is 0 Å². The Morgan fingerprint density at radius 3 is 1.44 bits per heavy atom. The third kappa shape index (κ3) is 7.13. The molecule has 0 spiro atoms. The van der Waals surface area contributed by atoms with Crippen LogP contribution in [0.1, 0.15) is 89.2 Å². The topological polar surface area (TPSA) is 18.5 Å². The molecule has 0 saturated heterocycles. The molecule has 0 amide bonds. The summed E-state index contributed by atoms with van der Waals surface area (Å²) in [5, 5.41) is 4.37. The van der Waals surface area contributed by atoms with E-state index in [1.807, 2.05) is 12.5 Å². The molecule has 0 N–H and O–H groups in total. The summed E-state index contributed by atoms with van der Waals surface area (Å²) in [5.74, 6) is 1.82. The van der Waals surface area contributed by atoms with Gasteiger partial charge in [-0.1, -0.05) is 87.8 Å². The number of hydrogen-bond acceptors (Lipinski definition) is 2. The minimum Gasteiger partial charge on any atom is -0.464 e. The Kier molecular flexibility index (Phi) is 10.5. The normalized spacial score (nSPS) is 11.9. The number of ether oxygens (including phenoxy) is 2. The van der Waals surface area contributed by atoms with Crippen molar-refractivity contribution in [3.05, 3.63) is 72.2 Å². The van der Waals surface area contributed by atoms with Crippen molar-refractivity contribution in [2.75, 3.05) is 0 Å². The van der Waals surface area contributed by atoms with Crippen molar-refractivity contribution in [3.63, 3.8) is 0 Å². The maximum Gasteiger partial charge on any atom is 0.142 e. The number of benzene rings is 3. The SMILES string of the molecule is CCCCCC/C=C/Oc1c2ccc(C)cc2c(O/C=C/CCCCCC)c2cc(C)ccc12.